The molecule has 0 bridgehead atoms. The van der Waals surface area contributed by atoms with Crippen molar-refractivity contribution in [1.29, 1.82) is 0 Å². The Kier molecular flexibility index (Phi) is 7.23. The fraction of sp³-hybridized carbons (Fsp3) is 0.412. The number of aryl methyl sites for hydroxylation is 2. The van der Waals surface area contributed by atoms with Crippen LogP contribution in [0.25, 0.3) is 5.69 Å². The first-order valence-electron chi connectivity index (χ1n) is 7.85. The summed E-state index contributed by atoms with van der Waals surface area (Å²) in [6.07, 6.45) is -4.54. The highest BCUT2D eigenvalue weighted by molar-refractivity contribution is 5.85. The van der Waals surface area contributed by atoms with Crippen molar-refractivity contribution < 1.29 is 18.0 Å². The molecule has 0 aliphatic carbocycles. The number of benzene rings is 1. The van der Waals surface area contributed by atoms with Crippen LogP contribution < -0.4 is 11.1 Å². The Morgan fingerprint density at radius 2 is 1.96 bits per heavy atom. The van der Waals surface area contributed by atoms with Crippen LogP contribution in [-0.4, -0.2) is 22.2 Å². The van der Waals surface area contributed by atoms with E-state index >= 15 is 0 Å². The molecular formula is C17H22ClF3N4O. The van der Waals surface area contributed by atoms with E-state index in [-0.39, 0.29) is 37.0 Å². The van der Waals surface area contributed by atoms with E-state index in [0.717, 1.165) is 17.5 Å². The van der Waals surface area contributed by atoms with Crippen LogP contribution in [0.2, 0.25) is 0 Å². The van der Waals surface area contributed by atoms with Crippen LogP contribution in [0.3, 0.4) is 0 Å². The first-order chi connectivity index (χ1) is 11.6. The average molecular weight is 391 g/mol. The Labute approximate surface area is 156 Å². The minimum atomic E-state index is -4.54. The van der Waals surface area contributed by atoms with Crippen LogP contribution in [0.1, 0.15) is 29.4 Å². The van der Waals surface area contributed by atoms with Gasteiger partial charge in [0.25, 0.3) is 0 Å². The summed E-state index contributed by atoms with van der Waals surface area (Å²) in [7, 11) is 0. The van der Waals surface area contributed by atoms with Gasteiger partial charge in [-0.3, -0.25) is 4.79 Å². The number of aromatic nitrogens is 2. The molecule has 1 amide bonds. The van der Waals surface area contributed by atoms with Gasteiger partial charge < -0.3 is 11.1 Å². The predicted octanol–water partition coefficient (Wildman–Crippen LogP) is 3.14. The van der Waals surface area contributed by atoms with Crippen LogP contribution in [0, 0.1) is 19.8 Å². The molecule has 0 aliphatic heterocycles. The number of nitrogens with two attached hydrogens (primary N) is 1. The monoisotopic (exact) mass is 390 g/mol. The molecule has 1 atom stereocenters. The van der Waals surface area contributed by atoms with Gasteiger partial charge in [0.15, 0.2) is 0 Å². The summed E-state index contributed by atoms with van der Waals surface area (Å²) < 4.78 is 41.8. The van der Waals surface area contributed by atoms with E-state index in [1.54, 1.807) is 32.9 Å². The Morgan fingerprint density at radius 1 is 1.31 bits per heavy atom. The molecule has 0 saturated heterocycles. The second-order valence-corrected chi connectivity index (χ2v) is 6.03. The quantitative estimate of drug-likeness (QED) is 0.823. The minimum absolute atomic E-state index is 0. The maximum atomic E-state index is 13.4. The molecule has 9 heteroatoms. The van der Waals surface area contributed by atoms with Gasteiger partial charge in [-0.05, 0) is 37.6 Å². The van der Waals surface area contributed by atoms with Crippen molar-refractivity contribution in [1.82, 2.24) is 15.1 Å². The average Bonchev–Trinajstić information content (AvgIpc) is 2.89. The van der Waals surface area contributed by atoms with E-state index in [0.29, 0.717) is 5.69 Å². The molecule has 2 rings (SSSR count). The van der Waals surface area contributed by atoms with E-state index in [4.69, 9.17) is 5.73 Å². The lowest BCUT2D eigenvalue weighted by Crippen LogP contribution is -2.33. The van der Waals surface area contributed by atoms with Gasteiger partial charge in [0, 0.05) is 24.7 Å². The topological polar surface area (TPSA) is 72.9 Å². The third-order valence-electron chi connectivity index (χ3n) is 3.91. The van der Waals surface area contributed by atoms with Gasteiger partial charge in [0.1, 0.15) is 0 Å². The number of alkyl halides is 3. The summed E-state index contributed by atoms with van der Waals surface area (Å²) in [6.45, 7) is 5.09. The van der Waals surface area contributed by atoms with Crippen LogP contribution in [0.4, 0.5) is 13.2 Å². The minimum Gasteiger partial charge on any atom is -0.352 e. The third kappa shape index (κ3) is 4.98. The number of nitrogens with one attached hydrogen (secondary N) is 1. The van der Waals surface area contributed by atoms with Crippen molar-refractivity contribution in [2.45, 2.75) is 33.5 Å². The van der Waals surface area contributed by atoms with E-state index in [2.05, 4.69) is 10.4 Å². The smallest absolute Gasteiger partial charge is 0.352 e. The predicted molar refractivity (Wildman–Crippen MR) is 95.4 cm³/mol. The number of amides is 1. The summed E-state index contributed by atoms with van der Waals surface area (Å²) >= 11 is 0. The van der Waals surface area contributed by atoms with Gasteiger partial charge >= 0.3 is 6.18 Å². The SMILES string of the molecule is Cc1cc(C)n(-c2ccc(CNC(=O)C(C)CN)c(C(F)(F)F)c2)n1.Cl. The Hall–Kier alpha value is -2.06. The van der Waals surface area contributed by atoms with Crippen LogP contribution in [-0.2, 0) is 17.5 Å². The number of hydrogen-bond donors (Lipinski definition) is 2. The highest BCUT2D eigenvalue weighted by Crippen LogP contribution is 2.33. The zero-order valence-electron chi connectivity index (χ0n) is 14.7. The molecule has 1 unspecified atom stereocenters. The molecule has 0 spiro atoms. The molecule has 3 N–H and O–H groups in total. The maximum absolute atomic E-state index is 13.4. The van der Waals surface area contributed by atoms with Crippen molar-refractivity contribution in [2.75, 3.05) is 6.54 Å². The van der Waals surface area contributed by atoms with Gasteiger partial charge in [-0.2, -0.15) is 18.3 Å². The van der Waals surface area contributed by atoms with Gasteiger partial charge in [-0.15, -0.1) is 12.4 Å². The molecule has 0 fully saturated rings. The molecule has 2 aromatic rings. The lowest BCUT2D eigenvalue weighted by Gasteiger charge is -2.17. The van der Waals surface area contributed by atoms with Crippen molar-refractivity contribution in [2.24, 2.45) is 11.7 Å². The van der Waals surface area contributed by atoms with Crippen LogP contribution >= 0.6 is 12.4 Å². The van der Waals surface area contributed by atoms with Crippen molar-refractivity contribution in [3.63, 3.8) is 0 Å². The molecule has 1 heterocycles. The number of halogens is 4. The first-order valence-corrected chi connectivity index (χ1v) is 7.85. The molecule has 0 aliphatic rings. The fourth-order valence-electron chi connectivity index (χ4n) is 2.47. The van der Waals surface area contributed by atoms with Gasteiger partial charge in [0.05, 0.1) is 16.9 Å². The highest BCUT2D eigenvalue weighted by Gasteiger charge is 2.34. The lowest BCUT2D eigenvalue weighted by molar-refractivity contribution is -0.138. The van der Waals surface area contributed by atoms with Gasteiger partial charge in [-0.25, -0.2) is 4.68 Å². The molecular weight excluding hydrogens is 369 g/mol. The van der Waals surface area contributed by atoms with E-state index in [1.165, 1.54) is 10.7 Å². The summed E-state index contributed by atoms with van der Waals surface area (Å²) in [5, 5.41) is 6.70. The molecule has 1 aromatic heterocycles. The molecule has 0 radical (unpaired) electrons. The summed E-state index contributed by atoms with van der Waals surface area (Å²) in [4.78, 5) is 11.8. The fourth-order valence-corrected chi connectivity index (χ4v) is 2.47. The second-order valence-electron chi connectivity index (χ2n) is 6.03. The summed E-state index contributed by atoms with van der Waals surface area (Å²) in [5.41, 5.74) is 6.38. The highest BCUT2D eigenvalue weighted by atomic mass is 35.5. The van der Waals surface area contributed by atoms with Crippen molar-refractivity contribution in [3.8, 4) is 5.69 Å². The largest absolute Gasteiger partial charge is 0.416 e. The van der Waals surface area contributed by atoms with Crippen LogP contribution in [0.15, 0.2) is 24.3 Å². The molecule has 26 heavy (non-hydrogen) atoms. The summed E-state index contributed by atoms with van der Waals surface area (Å²) in [6, 6.07) is 5.76. The Balaban J connectivity index is 0.00000338. The maximum Gasteiger partial charge on any atom is 0.416 e. The zero-order chi connectivity index (χ0) is 18.8. The molecule has 0 saturated carbocycles. The number of hydrogen-bond acceptors (Lipinski definition) is 3. The molecule has 144 valence electrons. The standard InChI is InChI=1S/C17H21F3N4O.ClH/c1-10(8-21)16(25)22-9-13-4-5-14(7-15(13)17(18,19)20)24-12(3)6-11(2)23-24;/h4-7,10H,8-9,21H2,1-3H3,(H,22,25);1H. The number of rotatable bonds is 5. The second kappa shape index (κ2) is 8.55. The van der Waals surface area contributed by atoms with Crippen molar-refractivity contribution >= 4 is 18.3 Å². The van der Waals surface area contributed by atoms with E-state index in [9.17, 15) is 18.0 Å². The van der Waals surface area contributed by atoms with Gasteiger partial charge in [0.2, 0.25) is 5.91 Å². The Morgan fingerprint density at radius 3 is 2.46 bits per heavy atom. The normalized spacial score (nSPS) is 12.4. The molecule has 5 nitrogen and oxygen atoms in total. The third-order valence-corrected chi connectivity index (χ3v) is 3.91. The number of carbonyl (C=O) groups excluding carboxylic acids is 1. The van der Waals surface area contributed by atoms with Crippen LogP contribution in [0.5, 0.6) is 0 Å². The van der Waals surface area contributed by atoms with Gasteiger partial charge in [-0.1, -0.05) is 13.0 Å². The van der Waals surface area contributed by atoms with E-state index < -0.39 is 17.7 Å². The number of nitrogens with zero attached hydrogens (tertiary/aromatic N) is 2. The lowest BCUT2D eigenvalue weighted by atomic mass is 10.1. The number of carbonyl (C=O) groups is 1. The van der Waals surface area contributed by atoms with E-state index in [1.807, 2.05) is 0 Å². The Bertz CT molecular complexity index is 774. The molecule has 1 aromatic carbocycles. The summed E-state index contributed by atoms with van der Waals surface area (Å²) in [5.74, 6) is -0.832. The van der Waals surface area contributed by atoms with Crippen molar-refractivity contribution in [3.05, 3.63) is 46.8 Å². The first kappa shape index (κ1) is 22.0. The zero-order valence-corrected chi connectivity index (χ0v) is 15.5.